The number of aliphatic hydroxyl groups is 1. The van der Waals surface area contributed by atoms with Crippen LogP contribution >= 0.6 is 11.3 Å². The predicted molar refractivity (Wildman–Crippen MR) is 79.0 cm³/mol. The van der Waals surface area contributed by atoms with Crippen molar-refractivity contribution in [2.75, 3.05) is 39.4 Å². The molecule has 0 saturated carbocycles. The Morgan fingerprint density at radius 3 is 2.90 bits per heavy atom. The Balaban J connectivity index is 1.61. The van der Waals surface area contributed by atoms with Crippen LogP contribution in [-0.2, 0) is 6.54 Å². The summed E-state index contributed by atoms with van der Waals surface area (Å²) in [6, 6.07) is 0. The van der Waals surface area contributed by atoms with Gasteiger partial charge in [0.25, 0.3) is 5.19 Å². The van der Waals surface area contributed by atoms with Crippen molar-refractivity contribution < 1.29 is 9.84 Å². The maximum atomic E-state index is 8.92. The van der Waals surface area contributed by atoms with Crippen molar-refractivity contribution in [2.45, 2.75) is 26.3 Å². The number of hydrogen-bond acceptors (Lipinski definition) is 7. The Bertz CT molecular complexity index is 380. The summed E-state index contributed by atoms with van der Waals surface area (Å²) in [5.41, 5.74) is 0. The number of aromatic nitrogens is 2. The second-order valence-electron chi connectivity index (χ2n) is 5.03. The van der Waals surface area contributed by atoms with Gasteiger partial charge in [-0.15, -0.1) is 10.2 Å². The topological polar surface area (TPSA) is 70.5 Å². The molecular weight excluding hydrogens is 276 g/mol. The van der Waals surface area contributed by atoms with E-state index in [1.165, 1.54) is 24.2 Å². The molecule has 1 aliphatic heterocycles. The van der Waals surface area contributed by atoms with E-state index in [-0.39, 0.29) is 6.61 Å². The van der Waals surface area contributed by atoms with Crippen molar-refractivity contribution in [2.24, 2.45) is 5.92 Å². The first-order valence-electron chi connectivity index (χ1n) is 7.31. The number of aliphatic hydroxyl groups excluding tert-OH is 1. The van der Waals surface area contributed by atoms with Crippen LogP contribution in [0.2, 0.25) is 0 Å². The smallest absolute Gasteiger partial charge is 0.294 e. The average Bonchev–Trinajstić information content (AvgIpc) is 2.89. The van der Waals surface area contributed by atoms with E-state index in [1.807, 2.05) is 6.92 Å². The molecule has 0 amide bonds. The van der Waals surface area contributed by atoms with Gasteiger partial charge in [-0.05, 0) is 45.3 Å². The molecule has 1 aromatic heterocycles. The summed E-state index contributed by atoms with van der Waals surface area (Å²) >= 11 is 1.51. The molecule has 1 aliphatic rings. The molecule has 2 rings (SSSR count). The number of nitrogens with one attached hydrogen (secondary N) is 1. The van der Waals surface area contributed by atoms with E-state index in [1.54, 1.807) is 0 Å². The van der Waals surface area contributed by atoms with E-state index in [4.69, 9.17) is 9.84 Å². The molecule has 114 valence electrons. The summed E-state index contributed by atoms with van der Waals surface area (Å²) < 4.78 is 5.31. The lowest BCUT2D eigenvalue weighted by Gasteiger charge is -2.31. The van der Waals surface area contributed by atoms with Gasteiger partial charge in [0.1, 0.15) is 5.01 Å². The predicted octanol–water partition coefficient (Wildman–Crippen LogP) is 0.731. The van der Waals surface area contributed by atoms with Crippen molar-refractivity contribution in [1.82, 2.24) is 20.4 Å². The van der Waals surface area contributed by atoms with E-state index in [2.05, 4.69) is 20.4 Å². The molecule has 6 nitrogen and oxygen atoms in total. The number of hydrogen-bond donors (Lipinski definition) is 2. The number of ether oxygens (including phenoxy) is 1. The zero-order chi connectivity index (χ0) is 14.2. The molecule has 0 radical (unpaired) electrons. The highest BCUT2D eigenvalue weighted by Crippen LogP contribution is 2.18. The van der Waals surface area contributed by atoms with Crippen molar-refractivity contribution >= 4 is 11.3 Å². The zero-order valence-electron chi connectivity index (χ0n) is 12.0. The van der Waals surface area contributed by atoms with Gasteiger partial charge in [0.05, 0.1) is 13.2 Å². The Morgan fingerprint density at radius 2 is 2.20 bits per heavy atom. The average molecular weight is 300 g/mol. The summed E-state index contributed by atoms with van der Waals surface area (Å²) in [6.07, 6.45) is 2.40. The van der Waals surface area contributed by atoms with Crippen molar-refractivity contribution in [3.05, 3.63) is 5.01 Å². The molecule has 0 aromatic carbocycles. The largest absolute Gasteiger partial charge is 0.469 e. The zero-order valence-corrected chi connectivity index (χ0v) is 12.9. The van der Waals surface area contributed by atoms with Crippen molar-refractivity contribution in [1.29, 1.82) is 0 Å². The maximum Gasteiger partial charge on any atom is 0.294 e. The molecule has 1 aromatic rings. The highest BCUT2D eigenvalue weighted by atomic mass is 32.1. The molecule has 1 saturated heterocycles. The number of nitrogens with zero attached hydrogens (tertiary/aromatic N) is 3. The van der Waals surface area contributed by atoms with E-state index >= 15 is 0 Å². The van der Waals surface area contributed by atoms with Gasteiger partial charge in [-0.3, -0.25) is 0 Å². The van der Waals surface area contributed by atoms with Crippen LogP contribution in [0.25, 0.3) is 0 Å². The third kappa shape index (κ3) is 4.97. The van der Waals surface area contributed by atoms with Crippen LogP contribution in [0.3, 0.4) is 0 Å². The molecular formula is C13H24N4O2S. The molecule has 0 unspecified atom stereocenters. The van der Waals surface area contributed by atoms with Crippen LogP contribution < -0.4 is 10.1 Å². The van der Waals surface area contributed by atoms with Crippen LogP contribution in [-0.4, -0.2) is 59.6 Å². The van der Waals surface area contributed by atoms with Gasteiger partial charge in [-0.25, -0.2) is 0 Å². The number of piperidine rings is 1. The lowest BCUT2D eigenvalue weighted by atomic mass is 9.97. The third-order valence-electron chi connectivity index (χ3n) is 3.55. The fraction of sp³-hybridized carbons (Fsp3) is 0.846. The molecule has 2 heterocycles. The highest BCUT2D eigenvalue weighted by Gasteiger charge is 2.18. The second kappa shape index (κ2) is 8.51. The van der Waals surface area contributed by atoms with Gasteiger partial charge < -0.3 is 20.1 Å². The van der Waals surface area contributed by atoms with Crippen molar-refractivity contribution in [3.8, 4) is 5.19 Å². The summed E-state index contributed by atoms with van der Waals surface area (Å²) in [4.78, 5) is 2.33. The quantitative estimate of drug-likeness (QED) is 0.737. The number of rotatable bonds is 8. The molecule has 1 fully saturated rings. The molecule has 0 aliphatic carbocycles. The fourth-order valence-corrected chi connectivity index (χ4v) is 3.15. The molecule has 0 spiro atoms. The van der Waals surface area contributed by atoms with E-state index < -0.39 is 0 Å². The van der Waals surface area contributed by atoms with Crippen LogP contribution in [0.4, 0.5) is 0 Å². The lowest BCUT2D eigenvalue weighted by molar-refractivity contribution is 0.146. The minimum atomic E-state index is 0.266. The van der Waals surface area contributed by atoms with E-state index in [0.29, 0.717) is 11.8 Å². The Labute approximate surface area is 124 Å². The second-order valence-corrected chi connectivity index (χ2v) is 6.06. The van der Waals surface area contributed by atoms with E-state index in [0.717, 1.165) is 43.6 Å². The molecule has 0 bridgehead atoms. The summed E-state index contributed by atoms with van der Waals surface area (Å²) in [5, 5.41) is 22.1. The minimum Gasteiger partial charge on any atom is -0.469 e. The van der Waals surface area contributed by atoms with Gasteiger partial charge in [0.2, 0.25) is 0 Å². The minimum absolute atomic E-state index is 0.266. The van der Waals surface area contributed by atoms with Gasteiger partial charge >= 0.3 is 0 Å². The van der Waals surface area contributed by atoms with Gasteiger partial charge in [-0.1, -0.05) is 11.3 Å². The van der Waals surface area contributed by atoms with Crippen LogP contribution in [0, 0.1) is 5.92 Å². The molecule has 2 N–H and O–H groups in total. The molecule has 20 heavy (non-hydrogen) atoms. The van der Waals surface area contributed by atoms with E-state index in [9.17, 15) is 0 Å². The molecule has 0 atom stereocenters. The first-order valence-corrected chi connectivity index (χ1v) is 8.12. The third-order valence-corrected chi connectivity index (χ3v) is 4.38. The molecule has 7 heteroatoms. The maximum absolute atomic E-state index is 8.92. The van der Waals surface area contributed by atoms with Crippen LogP contribution in [0.5, 0.6) is 5.19 Å². The first-order chi connectivity index (χ1) is 9.81. The summed E-state index contributed by atoms with van der Waals surface area (Å²) in [6.45, 7) is 7.64. The Kier molecular flexibility index (Phi) is 6.65. The normalized spacial score (nSPS) is 17.5. The van der Waals surface area contributed by atoms with Crippen LogP contribution in [0.15, 0.2) is 0 Å². The standard InChI is InChI=1S/C13H24N4O2S/c1-2-19-13-16-15-12(20-13)10-14-9-11-3-5-17(6-4-11)7-8-18/h11,14,18H,2-10H2,1H3. The number of β-amino-alcohol motifs (C(OH)–C–C–N with tert-alkyl or cyclic N) is 1. The lowest BCUT2D eigenvalue weighted by Crippen LogP contribution is -2.38. The SMILES string of the molecule is CCOc1nnc(CNCC2CCN(CCO)CC2)s1. The highest BCUT2D eigenvalue weighted by molar-refractivity contribution is 7.13. The van der Waals surface area contributed by atoms with Gasteiger partial charge in [0.15, 0.2) is 0 Å². The first kappa shape index (κ1) is 15.6. The number of likely N-dealkylation sites (tertiary alicyclic amines) is 1. The Morgan fingerprint density at radius 1 is 1.40 bits per heavy atom. The van der Waals surface area contributed by atoms with Gasteiger partial charge in [-0.2, -0.15) is 0 Å². The Hall–Kier alpha value is -0.760. The van der Waals surface area contributed by atoms with Crippen LogP contribution in [0.1, 0.15) is 24.8 Å². The summed E-state index contributed by atoms with van der Waals surface area (Å²) in [7, 11) is 0. The van der Waals surface area contributed by atoms with Crippen molar-refractivity contribution in [3.63, 3.8) is 0 Å². The fourth-order valence-electron chi connectivity index (χ4n) is 2.43. The summed E-state index contributed by atoms with van der Waals surface area (Å²) in [5.74, 6) is 0.726. The monoisotopic (exact) mass is 300 g/mol. The van der Waals surface area contributed by atoms with Gasteiger partial charge in [0, 0.05) is 13.1 Å².